The number of aromatic nitrogens is 2. The second-order valence-corrected chi connectivity index (χ2v) is 6.36. The summed E-state index contributed by atoms with van der Waals surface area (Å²) in [6.07, 6.45) is -3.23. The average Bonchev–Trinajstić information content (AvgIpc) is 2.63. The van der Waals surface area contributed by atoms with Crippen LogP contribution < -0.4 is 5.73 Å². The molecule has 21 heavy (non-hydrogen) atoms. The molecule has 0 aromatic carbocycles. The van der Waals surface area contributed by atoms with Gasteiger partial charge in [-0.1, -0.05) is 0 Å². The van der Waals surface area contributed by atoms with E-state index in [1.807, 2.05) is 0 Å². The summed E-state index contributed by atoms with van der Waals surface area (Å²) in [7, 11) is 0. The molecule has 1 atom stereocenters. The van der Waals surface area contributed by atoms with E-state index in [9.17, 15) is 18.3 Å². The smallest absolute Gasteiger partial charge is 0.389 e. The molecule has 0 amide bonds. The van der Waals surface area contributed by atoms with E-state index in [0.717, 1.165) is 0 Å². The third kappa shape index (κ3) is 3.56. The summed E-state index contributed by atoms with van der Waals surface area (Å²) in [6, 6.07) is 1.00. The quantitative estimate of drug-likeness (QED) is 0.821. The molecule has 0 aliphatic rings. The van der Waals surface area contributed by atoms with Crippen molar-refractivity contribution in [2.45, 2.75) is 38.2 Å². The Balaban J connectivity index is 2.63. The van der Waals surface area contributed by atoms with E-state index in [2.05, 4.69) is 20.9 Å². The first kappa shape index (κ1) is 16.3. The highest BCUT2D eigenvalue weighted by Crippen LogP contribution is 2.35. The van der Waals surface area contributed by atoms with Crippen LogP contribution in [0.15, 0.2) is 22.9 Å². The molecule has 2 rings (SSSR count). The van der Waals surface area contributed by atoms with Gasteiger partial charge in [-0.3, -0.25) is 0 Å². The Kier molecular flexibility index (Phi) is 4.07. The Hall–Kier alpha value is -1.12. The first-order valence-electron chi connectivity index (χ1n) is 6.19. The minimum Gasteiger partial charge on any atom is -0.389 e. The number of fused-ring (bicyclic) bond motifs is 1. The lowest BCUT2D eigenvalue weighted by Crippen LogP contribution is -2.28. The molecule has 1 unspecified atom stereocenters. The number of halogens is 4. The van der Waals surface area contributed by atoms with E-state index in [-0.39, 0.29) is 12.1 Å². The number of aliphatic hydroxyl groups is 1. The molecule has 0 saturated heterocycles. The zero-order valence-corrected chi connectivity index (χ0v) is 13.0. The lowest BCUT2D eigenvalue weighted by molar-refractivity contribution is -0.148. The summed E-state index contributed by atoms with van der Waals surface area (Å²) in [4.78, 5) is 4.19. The fourth-order valence-corrected chi connectivity index (χ4v) is 2.43. The predicted octanol–water partition coefficient (Wildman–Crippen LogP) is 3.13. The molecule has 2 aromatic rings. The maximum Gasteiger partial charge on any atom is 0.407 e. The van der Waals surface area contributed by atoms with Crippen molar-refractivity contribution >= 4 is 27.0 Å². The number of pyridine rings is 1. The van der Waals surface area contributed by atoms with Crippen molar-refractivity contribution in [1.29, 1.82) is 0 Å². The number of nitrogens with zero attached hydrogens (tertiary/aromatic N) is 2. The Labute approximate surface area is 127 Å². The highest BCUT2D eigenvalue weighted by molar-refractivity contribution is 9.10. The summed E-state index contributed by atoms with van der Waals surface area (Å²) in [5.41, 5.74) is 4.52. The molecule has 0 aliphatic carbocycles. The van der Waals surface area contributed by atoms with E-state index in [1.54, 1.807) is 19.9 Å². The summed E-state index contributed by atoms with van der Waals surface area (Å²) < 4.78 is 40.6. The van der Waals surface area contributed by atoms with Crippen LogP contribution in [0, 0.1) is 0 Å². The van der Waals surface area contributed by atoms with Gasteiger partial charge in [0.25, 0.3) is 0 Å². The van der Waals surface area contributed by atoms with E-state index >= 15 is 0 Å². The zero-order chi connectivity index (χ0) is 16.0. The Morgan fingerprint density at radius 3 is 2.52 bits per heavy atom. The molecule has 4 nitrogen and oxygen atoms in total. The van der Waals surface area contributed by atoms with Crippen LogP contribution in [-0.4, -0.2) is 26.4 Å². The fraction of sp³-hybridized carbons (Fsp3) is 0.462. The van der Waals surface area contributed by atoms with Crippen LogP contribution in [0.4, 0.5) is 13.2 Å². The molecule has 3 N–H and O–H groups in total. The molecular weight excluding hydrogens is 351 g/mol. The second kappa shape index (κ2) is 5.26. The van der Waals surface area contributed by atoms with Gasteiger partial charge in [0.15, 0.2) is 0 Å². The first-order chi connectivity index (χ1) is 9.49. The van der Waals surface area contributed by atoms with Crippen molar-refractivity contribution in [1.82, 2.24) is 9.55 Å². The summed E-state index contributed by atoms with van der Waals surface area (Å²) in [5, 5.41) is 10.2. The number of hydrogen-bond donors (Lipinski definition) is 2. The molecule has 0 radical (unpaired) electrons. The Morgan fingerprint density at radius 2 is 2.00 bits per heavy atom. The van der Waals surface area contributed by atoms with Crippen LogP contribution in [-0.2, 0) is 6.54 Å². The Bertz CT molecular complexity index is 661. The molecular formula is C13H15BrF3N3O. The van der Waals surface area contributed by atoms with Crippen molar-refractivity contribution in [2.24, 2.45) is 5.73 Å². The van der Waals surface area contributed by atoms with E-state index in [0.29, 0.717) is 15.6 Å². The third-order valence-corrected chi connectivity index (χ3v) is 3.41. The topological polar surface area (TPSA) is 64.1 Å². The van der Waals surface area contributed by atoms with Gasteiger partial charge in [0.1, 0.15) is 16.3 Å². The van der Waals surface area contributed by atoms with Gasteiger partial charge in [0, 0.05) is 17.1 Å². The molecule has 116 valence electrons. The van der Waals surface area contributed by atoms with Gasteiger partial charge in [0.2, 0.25) is 0 Å². The molecule has 0 aliphatic heterocycles. The molecule has 2 heterocycles. The van der Waals surface area contributed by atoms with Gasteiger partial charge in [-0.05, 0) is 41.9 Å². The summed E-state index contributed by atoms with van der Waals surface area (Å²) in [6.45, 7) is 3.25. The van der Waals surface area contributed by atoms with Crippen molar-refractivity contribution in [2.75, 3.05) is 0 Å². The van der Waals surface area contributed by atoms with Crippen LogP contribution in [0.5, 0.6) is 0 Å². The van der Waals surface area contributed by atoms with Crippen LogP contribution in [0.25, 0.3) is 11.0 Å². The molecule has 0 spiro atoms. The van der Waals surface area contributed by atoms with Gasteiger partial charge in [-0.2, -0.15) is 13.2 Å². The maximum atomic E-state index is 12.9. The Morgan fingerprint density at radius 1 is 1.38 bits per heavy atom. The van der Waals surface area contributed by atoms with E-state index < -0.39 is 17.8 Å². The number of alkyl halides is 3. The van der Waals surface area contributed by atoms with Crippen molar-refractivity contribution < 1.29 is 18.3 Å². The number of rotatable bonds is 3. The molecule has 2 aromatic heterocycles. The normalized spacial score (nSPS) is 14.7. The second-order valence-electron chi connectivity index (χ2n) is 5.55. The highest BCUT2D eigenvalue weighted by Gasteiger charge is 2.39. The maximum absolute atomic E-state index is 12.9. The lowest BCUT2D eigenvalue weighted by atomic mass is 10.1. The molecule has 0 bridgehead atoms. The monoisotopic (exact) mass is 365 g/mol. The van der Waals surface area contributed by atoms with Crippen molar-refractivity contribution in [3.05, 3.63) is 28.5 Å². The predicted molar refractivity (Wildman–Crippen MR) is 76.7 cm³/mol. The standard InChI is InChI=1S/C13H15BrF3N3O/c1-12(2,21)6-20-5-8(10(18)13(15,16)17)7-3-4-9(14)19-11(7)20/h3-5,10,21H,6,18H2,1-2H3. The molecule has 0 saturated carbocycles. The highest BCUT2D eigenvalue weighted by atomic mass is 79.9. The van der Waals surface area contributed by atoms with Gasteiger partial charge < -0.3 is 15.4 Å². The number of nitrogens with two attached hydrogens (primary N) is 1. The van der Waals surface area contributed by atoms with Crippen LogP contribution in [0.1, 0.15) is 25.5 Å². The van der Waals surface area contributed by atoms with Crippen molar-refractivity contribution in [3.8, 4) is 0 Å². The summed E-state index contributed by atoms with van der Waals surface area (Å²) in [5.74, 6) is 0. The SMILES string of the molecule is CC(C)(O)Cn1cc(C(N)C(F)(F)F)c2ccc(Br)nc21. The molecule has 8 heteroatoms. The molecule has 0 fully saturated rings. The van der Waals surface area contributed by atoms with Gasteiger partial charge in [0.05, 0.1) is 12.1 Å². The summed E-state index contributed by atoms with van der Waals surface area (Å²) >= 11 is 3.19. The van der Waals surface area contributed by atoms with Gasteiger partial charge in [-0.25, -0.2) is 4.98 Å². The van der Waals surface area contributed by atoms with E-state index in [1.165, 1.54) is 16.8 Å². The van der Waals surface area contributed by atoms with Crippen molar-refractivity contribution in [3.63, 3.8) is 0 Å². The first-order valence-corrected chi connectivity index (χ1v) is 6.98. The minimum atomic E-state index is -4.54. The van der Waals surface area contributed by atoms with Crippen LogP contribution >= 0.6 is 15.9 Å². The zero-order valence-electron chi connectivity index (χ0n) is 11.4. The van der Waals surface area contributed by atoms with Crippen LogP contribution in [0.2, 0.25) is 0 Å². The third-order valence-electron chi connectivity index (χ3n) is 2.96. The van der Waals surface area contributed by atoms with Gasteiger partial charge in [-0.15, -0.1) is 0 Å². The minimum absolute atomic E-state index is 0.0539. The average molecular weight is 366 g/mol. The van der Waals surface area contributed by atoms with Gasteiger partial charge >= 0.3 is 6.18 Å². The lowest BCUT2D eigenvalue weighted by Gasteiger charge is -2.18. The van der Waals surface area contributed by atoms with E-state index in [4.69, 9.17) is 5.73 Å². The largest absolute Gasteiger partial charge is 0.407 e. The fourth-order valence-electron chi connectivity index (χ4n) is 2.13. The van der Waals surface area contributed by atoms with Crippen LogP contribution in [0.3, 0.4) is 0 Å². The number of hydrogen-bond acceptors (Lipinski definition) is 3.